The molecule has 0 aliphatic rings. The number of alkyl halides is 1. The lowest BCUT2D eigenvalue weighted by Gasteiger charge is -2.26. The van der Waals surface area contributed by atoms with Gasteiger partial charge in [0.2, 0.25) is 0 Å². The minimum atomic E-state index is 0.381. The highest BCUT2D eigenvalue weighted by Crippen LogP contribution is 2.26. The molecule has 2 aromatic heterocycles. The number of nitrogens with zero attached hydrogens (tertiary/aromatic N) is 4. The first kappa shape index (κ1) is 15.3. The van der Waals surface area contributed by atoms with E-state index < -0.39 is 0 Å². The predicted molar refractivity (Wildman–Crippen MR) is 84.1 cm³/mol. The van der Waals surface area contributed by atoms with Crippen LogP contribution in [0, 0.1) is 5.92 Å². The maximum atomic E-state index is 6.10. The van der Waals surface area contributed by atoms with E-state index >= 15 is 0 Å². The fourth-order valence-electron chi connectivity index (χ4n) is 2.73. The number of likely N-dealkylation sites (N-methyl/N-ethyl adjacent to an activating group) is 1. The fourth-order valence-corrected chi connectivity index (χ4v) is 2.92. The van der Waals surface area contributed by atoms with Crippen LogP contribution in [0.15, 0.2) is 18.5 Å². The monoisotopic (exact) mass is 294 g/mol. The molecule has 1 atom stereocenters. The van der Waals surface area contributed by atoms with E-state index in [1.165, 1.54) is 0 Å². The Morgan fingerprint density at radius 1 is 1.35 bits per heavy atom. The smallest absolute Gasteiger partial charge is 0.125 e. The summed E-state index contributed by atoms with van der Waals surface area (Å²) in [6.45, 7) is 5.49. The SMILES string of the molecule is CC(C)CC(CN(C)C)n1c(CCl)nc2cnccc21. The van der Waals surface area contributed by atoms with E-state index in [1.807, 2.05) is 18.5 Å². The van der Waals surface area contributed by atoms with Gasteiger partial charge in [-0.25, -0.2) is 4.98 Å². The summed E-state index contributed by atoms with van der Waals surface area (Å²) in [5.41, 5.74) is 2.05. The summed E-state index contributed by atoms with van der Waals surface area (Å²) in [5, 5.41) is 0. The van der Waals surface area contributed by atoms with Crippen LogP contribution in [0.3, 0.4) is 0 Å². The van der Waals surface area contributed by atoms with Crippen molar-refractivity contribution >= 4 is 22.6 Å². The van der Waals surface area contributed by atoms with Gasteiger partial charge in [-0.2, -0.15) is 0 Å². The molecule has 0 aliphatic carbocycles. The summed E-state index contributed by atoms with van der Waals surface area (Å²) in [6, 6.07) is 2.41. The lowest BCUT2D eigenvalue weighted by Crippen LogP contribution is -2.26. The molecule has 2 aromatic rings. The molecule has 0 saturated carbocycles. The molecule has 0 bridgehead atoms. The maximum absolute atomic E-state index is 6.10. The summed E-state index contributed by atoms with van der Waals surface area (Å²) in [4.78, 5) is 11.0. The molecule has 4 nitrogen and oxygen atoms in total. The van der Waals surface area contributed by atoms with Crippen molar-refractivity contribution < 1.29 is 0 Å². The number of hydrogen-bond donors (Lipinski definition) is 0. The number of aromatic nitrogens is 3. The van der Waals surface area contributed by atoms with E-state index in [-0.39, 0.29) is 0 Å². The highest BCUT2D eigenvalue weighted by molar-refractivity contribution is 6.16. The third-order valence-corrected chi connectivity index (χ3v) is 3.61. The van der Waals surface area contributed by atoms with Gasteiger partial charge in [0.15, 0.2) is 0 Å². The number of rotatable bonds is 6. The Morgan fingerprint density at radius 2 is 2.10 bits per heavy atom. The van der Waals surface area contributed by atoms with Crippen molar-refractivity contribution in [3.63, 3.8) is 0 Å². The highest BCUT2D eigenvalue weighted by Gasteiger charge is 2.20. The second-order valence-electron chi connectivity index (χ2n) is 5.94. The molecular formula is C15H23ClN4. The molecule has 0 radical (unpaired) electrons. The first-order valence-electron chi connectivity index (χ1n) is 7.04. The lowest BCUT2D eigenvalue weighted by atomic mass is 10.0. The number of hydrogen-bond acceptors (Lipinski definition) is 3. The highest BCUT2D eigenvalue weighted by atomic mass is 35.5. The molecule has 20 heavy (non-hydrogen) atoms. The van der Waals surface area contributed by atoms with Gasteiger partial charge in [0.05, 0.1) is 17.6 Å². The normalized spacial score (nSPS) is 13.6. The van der Waals surface area contributed by atoms with Crippen molar-refractivity contribution in [2.24, 2.45) is 5.92 Å². The number of fused-ring (bicyclic) bond motifs is 1. The fraction of sp³-hybridized carbons (Fsp3) is 0.600. The van der Waals surface area contributed by atoms with Crippen molar-refractivity contribution in [3.8, 4) is 0 Å². The second kappa shape index (κ2) is 6.55. The van der Waals surface area contributed by atoms with Gasteiger partial charge in [-0.15, -0.1) is 11.6 Å². The van der Waals surface area contributed by atoms with Crippen molar-refractivity contribution in [2.75, 3.05) is 20.6 Å². The number of pyridine rings is 1. The zero-order valence-electron chi connectivity index (χ0n) is 12.7. The van der Waals surface area contributed by atoms with Crippen molar-refractivity contribution in [1.82, 2.24) is 19.4 Å². The van der Waals surface area contributed by atoms with E-state index in [9.17, 15) is 0 Å². The molecule has 0 N–H and O–H groups in total. The van der Waals surface area contributed by atoms with Gasteiger partial charge in [0.1, 0.15) is 11.3 Å². The van der Waals surface area contributed by atoms with Gasteiger partial charge in [0.25, 0.3) is 0 Å². The number of halogens is 1. The van der Waals surface area contributed by atoms with Crippen LogP contribution >= 0.6 is 11.6 Å². The molecule has 2 rings (SSSR count). The Bertz CT molecular complexity index is 552. The van der Waals surface area contributed by atoms with E-state index in [1.54, 1.807) is 0 Å². The average molecular weight is 295 g/mol. The van der Waals surface area contributed by atoms with Crippen LogP contribution in [-0.4, -0.2) is 40.1 Å². The Morgan fingerprint density at radius 3 is 2.70 bits per heavy atom. The zero-order valence-corrected chi connectivity index (χ0v) is 13.4. The molecule has 0 spiro atoms. The molecule has 0 fully saturated rings. The summed E-state index contributed by atoms with van der Waals surface area (Å²) >= 11 is 6.10. The quantitative estimate of drug-likeness (QED) is 0.767. The van der Waals surface area contributed by atoms with Crippen molar-refractivity contribution in [2.45, 2.75) is 32.2 Å². The Kier molecular flexibility index (Phi) is 5.00. The van der Waals surface area contributed by atoms with Crippen LogP contribution in [0.2, 0.25) is 0 Å². The first-order chi connectivity index (χ1) is 9.52. The predicted octanol–water partition coefficient (Wildman–Crippen LogP) is 3.32. The second-order valence-corrected chi connectivity index (χ2v) is 6.21. The minimum Gasteiger partial charge on any atom is -0.322 e. The average Bonchev–Trinajstić information content (AvgIpc) is 2.75. The van der Waals surface area contributed by atoms with Gasteiger partial charge in [-0.05, 0) is 32.5 Å². The molecular weight excluding hydrogens is 272 g/mol. The third-order valence-electron chi connectivity index (χ3n) is 3.37. The summed E-state index contributed by atoms with van der Waals surface area (Å²) in [5.74, 6) is 1.99. The van der Waals surface area contributed by atoms with Crippen LogP contribution < -0.4 is 0 Å². The molecule has 0 amide bonds. The van der Waals surface area contributed by atoms with E-state index in [0.717, 1.165) is 29.8 Å². The van der Waals surface area contributed by atoms with Crippen LogP contribution in [0.1, 0.15) is 32.1 Å². The molecule has 2 heterocycles. The molecule has 110 valence electrons. The lowest BCUT2D eigenvalue weighted by molar-refractivity contribution is 0.289. The topological polar surface area (TPSA) is 34.0 Å². The molecule has 0 aromatic carbocycles. The Hall–Kier alpha value is -1.13. The number of imidazole rings is 1. The maximum Gasteiger partial charge on any atom is 0.125 e. The Balaban J connectivity index is 2.49. The third kappa shape index (κ3) is 3.30. The van der Waals surface area contributed by atoms with Crippen LogP contribution in [0.4, 0.5) is 0 Å². The van der Waals surface area contributed by atoms with Gasteiger partial charge in [0, 0.05) is 18.8 Å². The van der Waals surface area contributed by atoms with Crippen molar-refractivity contribution in [1.29, 1.82) is 0 Å². The van der Waals surface area contributed by atoms with Gasteiger partial charge in [-0.1, -0.05) is 13.8 Å². The minimum absolute atomic E-state index is 0.381. The van der Waals surface area contributed by atoms with Gasteiger partial charge < -0.3 is 9.47 Å². The van der Waals surface area contributed by atoms with E-state index in [2.05, 4.69) is 47.4 Å². The van der Waals surface area contributed by atoms with Gasteiger partial charge >= 0.3 is 0 Å². The largest absolute Gasteiger partial charge is 0.322 e. The van der Waals surface area contributed by atoms with Crippen LogP contribution in [0.25, 0.3) is 11.0 Å². The van der Waals surface area contributed by atoms with E-state index in [4.69, 9.17) is 11.6 Å². The van der Waals surface area contributed by atoms with Gasteiger partial charge in [-0.3, -0.25) is 4.98 Å². The van der Waals surface area contributed by atoms with E-state index in [0.29, 0.717) is 17.8 Å². The molecule has 0 aliphatic heterocycles. The Labute approximate surface area is 125 Å². The van der Waals surface area contributed by atoms with Crippen LogP contribution in [-0.2, 0) is 5.88 Å². The molecule has 0 saturated heterocycles. The first-order valence-corrected chi connectivity index (χ1v) is 7.58. The standard InChI is InChI=1S/C15H23ClN4/c1-11(2)7-12(10-19(3)4)20-14-5-6-17-9-13(14)18-15(20)8-16/h5-6,9,11-12H,7-8,10H2,1-4H3. The summed E-state index contributed by atoms with van der Waals surface area (Å²) in [7, 11) is 4.21. The molecule has 5 heteroatoms. The summed E-state index contributed by atoms with van der Waals surface area (Å²) < 4.78 is 2.30. The molecule has 1 unspecified atom stereocenters. The van der Waals surface area contributed by atoms with Crippen LogP contribution in [0.5, 0.6) is 0 Å². The summed E-state index contributed by atoms with van der Waals surface area (Å²) in [6.07, 6.45) is 4.74. The zero-order chi connectivity index (χ0) is 14.7. The van der Waals surface area contributed by atoms with Crippen molar-refractivity contribution in [3.05, 3.63) is 24.3 Å².